The summed E-state index contributed by atoms with van der Waals surface area (Å²) >= 11 is 5.92. The van der Waals surface area contributed by atoms with E-state index < -0.39 is 0 Å². The van der Waals surface area contributed by atoms with Crippen molar-refractivity contribution in [2.24, 2.45) is 0 Å². The number of benzene rings is 1. The fraction of sp³-hybridized carbons (Fsp3) is 0.182. The van der Waals surface area contributed by atoms with Crippen LogP contribution in [0.25, 0.3) is 11.4 Å². The first-order chi connectivity index (χ1) is 7.72. The number of hydrogen-bond donors (Lipinski definition) is 2. The van der Waals surface area contributed by atoms with Crippen LogP contribution >= 0.6 is 11.6 Å². The van der Waals surface area contributed by atoms with Crippen LogP contribution < -0.4 is 5.32 Å². The number of imidazole rings is 1. The molecular formula is C11H11ClFN3. The molecule has 2 N–H and O–H groups in total. The molecule has 2 rings (SSSR count). The summed E-state index contributed by atoms with van der Waals surface area (Å²) in [5.74, 6) is 0.136. The summed E-state index contributed by atoms with van der Waals surface area (Å²) in [5, 5.41) is 3.32. The van der Waals surface area contributed by atoms with Gasteiger partial charge in [-0.2, -0.15) is 0 Å². The Balaban J connectivity index is 2.42. The van der Waals surface area contributed by atoms with Crippen molar-refractivity contribution in [3.8, 4) is 11.4 Å². The topological polar surface area (TPSA) is 40.7 Å². The summed E-state index contributed by atoms with van der Waals surface area (Å²) in [7, 11) is 1.81. The summed E-state index contributed by atoms with van der Waals surface area (Å²) in [5.41, 5.74) is 1.18. The van der Waals surface area contributed by atoms with Crippen LogP contribution in [0.15, 0.2) is 24.3 Å². The molecule has 1 aromatic heterocycles. The Morgan fingerprint density at radius 3 is 2.88 bits per heavy atom. The number of aromatic amines is 1. The molecule has 84 valence electrons. The van der Waals surface area contributed by atoms with Crippen molar-refractivity contribution >= 4 is 11.6 Å². The highest BCUT2D eigenvalue weighted by Gasteiger charge is 2.11. The van der Waals surface area contributed by atoms with Gasteiger partial charge >= 0.3 is 0 Å². The maximum Gasteiger partial charge on any atom is 0.152 e. The molecule has 3 nitrogen and oxygen atoms in total. The van der Waals surface area contributed by atoms with E-state index in [0.717, 1.165) is 5.69 Å². The zero-order valence-electron chi connectivity index (χ0n) is 8.72. The van der Waals surface area contributed by atoms with E-state index in [0.29, 0.717) is 23.1 Å². The lowest BCUT2D eigenvalue weighted by Gasteiger charge is -1.98. The van der Waals surface area contributed by atoms with Gasteiger partial charge in [-0.1, -0.05) is 23.7 Å². The molecule has 0 fully saturated rings. The lowest BCUT2D eigenvalue weighted by Crippen LogP contribution is -2.05. The molecule has 0 aliphatic carbocycles. The second-order valence-corrected chi connectivity index (χ2v) is 3.72. The monoisotopic (exact) mass is 239 g/mol. The summed E-state index contributed by atoms with van der Waals surface area (Å²) in [6.07, 6.45) is 0. The van der Waals surface area contributed by atoms with Gasteiger partial charge in [-0.05, 0) is 19.2 Å². The van der Waals surface area contributed by atoms with Crippen molar-refractivity contribution in [1.29, 1.82) is 0 Å². The molecule has 0 unspecified atom stereocenters. The number of H-pyrrole nitrogens is 1. The van der Waals surface area contributed by atoms with Gasteiger partial charge in [0.05, 0.1) is 11.3 Å². The van der Waals surface area contributed by atoms with E-state index in [1.54, 1.807) is 25.2 Å². The predicted octanol–water partition coefficient (Wildman–Crippen LogP) is 2.59. The third-order valence-electron chi connectivity index (χ3n) is 2.21. The first-order valence-electron chi connectivity index (χ1n) is 4.86. The molecule has 16 heavy (non-hydrogen) atoms. The number of aromatic nitrogens is 2. The highest BCUT2D eigenvalue weighted by Crippen LogP contribution is 2.23. The van der Waals surface area contributed by atoms with Crippen LogP contribution in [0.4, 0.5) is 4.39 Å². The van der Waals surface area contributed by atoms with Gasteiger partial charge in [0.2, 0.25) is 0 Å². The third kappa shape index (κ3) is 2.08. The Labute approximate surface area is 97.7 Å². The molecule has 0 atom stereocenters. The van der Waals surface area contributed by atoms with Gasteiger partial charge in [0.15, 0.2) is 5.15 Å². The molecule has 2 aromatic rings. The van der Waals surface area contributed by atoms with Crippen molar-refractivity contribution in [3.05, 3.63) is 40.9 Å². The smallest absolute Gasteiger partial charge is 0.152 e. The molecular weight excluding hydrogens is 229 g/mol. The molecule has 0 saturated carbocycles. The van der Waals surface area contributed by atoms with E-state index >= 15 is 0 Å². The highest BCUT2D eigenvalue weighted by atomic mass is 35.5. The Bertz CT molecular complexity index is 496. The minimum Gasteiger partial charge on any atom is -0.339 e. The number of halogens is 2. The van der Waals surface area contributed by atoms with Crippen molar-refractivity contribution in [2.45, 2.75) is 6.54 Å². The quantitative estimate of drug-likeness (QED) is 0.865. The molecule has 0 bridgehead atoms. The maximum absolute atomic E-state index is 13.5. The summed E-state index contributed by atoms with van der Waals surface area (Å²) in [4.78, 5) is 7.08. The van der Waals surface area contributed by atoms with E-state index in [-0.39, 0.29) is 5.82 Å². The second-order valence-electron chi connectivity index (χ2n) is 3.36. The fourth-order valence-electron chi connectivity index (χ4n) is 1.46. The van der Waals surface area contributed by atoms with Crippen molar-refractivity contribution in [2.75, 3.05) is 7.05 Å². The van der Waals surface area contributed by atoms with Gasteiger partial charge in [0.1, 0.15) is 11.6 Å². The SMILES string of the molecule is CNCc1[nH]c(-c2ccccc2F)nc1Cl. The number of rotatable bonds is 3. The Hall–Kier alpha value is -1.39. The Morgan fingerprint density at radius 2 is 2.19 bits per heavy atom. The molecule has 0 amide bonds. The zero-order chi connectivity index (χ0) is 11.5. The lowest BCUT2D eigenvalue weighted by atomic mass is 10.2. The fourth-order valence-corrected chi connectivity index (χ4v) is 1.66. The lowest BCUT2D eigenvalue weighted by molar-refractivity contribution is 0.630. The minimum absolute atomic E-state index is 0.316. The van der Waals surface area contributed by atoms with Gasteiger partial charge in [-0.25, -0.2) is 9.37 Å². The summed E-state index contributed by atoms with van der Waals surface area (Å²) < 4.78 is 13.5. The molecule has 0 radical (unpaired) electrons. The minimum atomic E-state index is -0.316. The highest BCUT2D eigenvalue weighted by molar-refractivity contribution is 6.30. The molecule has 0 aliphatic rings. The van der Waals surface area contributed by atoms with Crippen LogP contribution in [-0.4, -0.2) is 17.0 Å². The number of nitrogens with one attached hydrogen (secondary N) is 2. The van der Waals surface area contributed by atoms with E-state index in [4.69, 9.17) is 11.6 Å². The molecule has 5 heteroatoms. The van der Waals surface area contributed by atoms with E-state index in [1.165, 1.54) is 6.07 Å². The summed E-state index contributed by atoms with van der Waals surface area (Å²) in [6, 6.07) is 6.45. The van der Waals surface area contributed by atoms with Gasteiger partial charge in [0.25, 0.3) is 0 Å². The second kappa shape index (κ2) is 4.63. The first kappa shape index (κ1) is 11.1. The van der Waals surface area contributed by atoms with Crippen LogP contribution in [-0.2, 0) is 6.54 Å². The normalized spacial score (nSPS) is 10.7. The van der Waals surface area contributed by atoms with Crippen molar-refractivity contribution in [3.63, 3.8) is 0 Å². The molecule has 1 heterocycles. The molecule has 0 saturated heterocycles. The van der Waals surface area contributed by atoms with Crippen LogP contribution in [0.5, 0.6) is 0 Å². The average molecular weight is 240 g/mol. The average Bonchev–Trinajstić information content (AvgIpc) is 2.61. The van der Waals surface area contributed by atoms with Crippen LogP contribution in [0, 0.1) is 5.82 Å². The summed E-state index contributed by atoms with van der Waals surface area (Å²) in [6.45, 7) is 0.570. The molecule has 1 aromatic carbocycles. The largest absolute Gasteiger partial charge is 0.339 e. The van der Waals surface area contributed by atoms with E-state index in [1.807, 2.05) is 0 Å². The van der Waals surface area contributed by atoms with E-state index in [9.17, 15) is 4.39 Å². The molecule has 0 spiro atoms. The maximum atomic E-state index is 13.5. The van der Waals surface area contributed by atoms with Gasteiger partial charge in [-0.15, -0.1) is 0 Å². The Morgan fingerprint density at radius 1 is 1.44 bits per heavy atom. The van der Waals surface area contributed by atoms with Gasteiger partial charge in [0, 0.05) is 6.54 Å². The van der Waals surface area contributed by atoms with Crippen molar-refractivity contribution in [1.82, 2.24) is 15.3 Å². The zero-order valence-corrected chi connectivity index (χ0v) is 9.48. The van der Waals surface area contributed by atoms with Crippen LogP contribution in [0.3, 0.4) is 0 Å². The van der Waals surface area contributed by atoms with Crippen LogP contribution in [0.1, 0.15) is 5.69 Å². The standard InChI is InChI=1S/C11H11ClFN3/c1-14-6-9-10(12)16-11(15-9)7-4-2-3-5-8(7)13/h2-5,14H,6H2,1H3,(H,15,16). The predicted molar refractivity (Wildman–Crippen MR) is 61.8 cm³/mol. The third-order valence-corrected chi connectivity index (χ3v) is 2.52. The molecule has 0 aliphatic heterocycles. The number of hydrogen-bond acceptors (Lipinski definition) is 2. The van der Waals surface area contributed by atoms with Crippen molar-refractivity contribution < 1.29 is 4.39 Å². The van der Waals surface area contributed by atoms with Crippen LogP contribution in [0.2, 0.25) is 5.15 Å². The Kier molecular flexibility index (Phi) is 3.22. The van der Waals surface area contributed by atoms with Gasteiger partial charge in [-0.3, -0.25) is 0 Å². The number of nitrogens with zero attached hydrogens (tertiary/aromatic N) is 1. The van der Waals surface area contributed by atoms with Gasteiger partial charge < -0.3 is 10.3 Å². The van der Waals surface area contributed by atoms with E-state index in [2.05, 4.69) is 15.3 Å². The first-order valence-corrected chi connectivity index (χ1v) is 5.24.